The van der Waals surface area contributed by atoms with Gasteiger partial charge in [0.25, 0.3) is 0 Å². The molecular weight excluding hydrogens is 350 g/mol. The van der Waals surface area contributed by atoms with Crippen LogP contribution in [-0.4, -0.2) is 24.5 Å². The van der Waals surface area contributed by atoms with Crippen LogP contribution >= 0.6 is 0 Å². The van der Waals surface area contributed by atoms with E-state index < -0.39 is 0 Å². The summed E-state index contributed by atoms with van der Waals surface area (Å²) in [6.45, 7) is 0.759. The highest BCUT2D eigenvalue weighted by molar-refractivity contribution is 5.76. The topological polar surface area (TPSA) is 77.2 Å². The second-order valence-corrected chi connectivity index (χ2v) is 7.66. The minimum Gasteiger partial charge on any atom is -0.497 e. The van der Waals surface area contributed by atoms with Gasteiger partial charge in [0, 0.05) is 12.6 Å². The summed E-state index contributed by atoms with van der Waals surface area (Å²) in [6.07, 6.45) is 7.41. The number of benzene rings is 1. The summed E-state index contributed by atoms with van der Waals surface area (Å²) in [4.78, 5) is 17.2. The Balaban J connectivity index is 1.61. The first kappa shape index (κ1) is 20.3. The van der Waals surface area contributed by atoms with Gasteiger partial charge in [-0.15, -0.1) is 0 Å². The standard InChI is InChI=1S/C23H31N3O2/c1-28-20-12-7-17(8-13-20)9-14-22(27)26-23(21-4-2-3-15-25-21)19-10-5-18(16-24)6-11-19/h2-4,7-8,12-13,15,18-19,23H,5-6,9-11,14,16,24H2,1H3,(H,26,27)/t18?,19?,23-/m0/s1. The first-order chi connectivity index (χ1) is 13.7. The number of carbonyl (C=O) groups excluding carboxylic acids is 1. The monoisotopic (exact) mass is 381 g/mol. The molecule has 2 aromatic rings. The lowest BCUT2D eigenvalue weighted by atomic mass is 9.77. The molecule has 5 heteroatoms. The fraction of sp³-hybridized carbons (Fsp3) is 0.478. The quantitative estimate of drug-likeness (QED) is 0.732. The Morgan fingerprint density at radius 1 is 1.18 bits per heavy atom. The summed E-state index contributed by atoms with van der Waals surface area (Å²) in [5.74, 6) is 1.94. The summed E-state index contributed by atoms with van der Waals surface area (Å²) >= 11 is 0. The SMILES string of the molecule is COc1ccc(CCC(=O)N[C@H](c2ccccn2)C2CCC(CN)CC2)cc1. The van der Waals surface area contributed by atoms with E-state index in [1.807, 2.05) is 42.5 Å². The molecule has 0 unspecified atom stereocenters. The molecule has 1 amide bonds. The highest BCUT2D eigenvalue weighted by atomic mass is 16.5. The fourth-order valence-corrected chi connectivity index (χ4v) is 4.05. The summed E-state index contributed by atoms with van der Waals surface area (Å²) in [5, 5.41) is 3.27. The maximum atomic E-state index is 12.7. The number of ether oxygens (including phenoxy) is 1. The zero-order valence-corrected chi connectivity index (χ0v) is 16.6. The van der Waals surface area contributed by atoms with E-state index in [4.69, 9.17) is 10.5 Å². The molecule has 0 radical (unpaired) electrons. The van der Waals surface area contributed by atoms with Gasteiger partial charge < -0.3 is 15.8 Å². The number of aryl methyl sites for hydroxylation is 1. The van der Waals surface area contributed by atoms with Gasteiger partial charge in [0.2, 0.25) is 5.91 Å². The van der Waals surface area contributed by atoms with E-state index in [0.717, 1.165) is 49.2 Å². The first-order valence-electron chi connectivity index (χ1n) is 10.2. The second-order valence-electron chi connectivity index (χ2n) is 7.66. The van der Waals surface area contributed by atoms with Gasteiger partial charge in [-0.2, -0.15) is 0 Å². The van der Waals surface area contributed by atoms with E-state index in [1.165, 1.54) is 0 Å². The Morgan fingerprint density at radius 2 is 1.93 bits per heavy atom. The Hall–Kier alpha value is -2.40. The van der Waals surface area contributed by atoms with E-state index in [1.54, 1.807) is 13.3 Å². The Labute approximate surface area is 167 Å². The first-order valence-corrected chi connectivity index (χ1v) is 10.2. The molecular formula is C23H31N3O2. The number of nitrogens with zero attached hydrogens (tertiary/aromatic N) is 1. The lowest BCUT2D eigenvalue weighted by molar-refractivity contribution is -0.122. The molecule has 0 spiro atoms. The molecule has 1 aromatic carbocycles. The van der Waals surface area contributed by atoms with E-state index in [-0.39, 0.29) is 11.9 Å². The van der Waals surface area contributed by atoms with Gasteiger partial charge >= 0.3 is 0 Å². The predicted molar refractivity (Wildman–Crippen MR) is 111 cm³/mol. The molecule has 0 aliphatic heterocycles. The fourth-order valence-electron chi connectivity index (χ4n) is 4.05. The minimum absolute atomic E-state index is 0.0247. The molecule has 1 aromatic heterocycles. The van der Waals surface area contributed by atoms with Crippen LogP contribution in [0.1, 0.15) is 49.4 Å². The van der Waals surface area contributed by atoms with Crippen LogP contribution in [0.4, 0.5) is 0 Å². The molecule has 1 fully saturated rings. The molecule has 3 N–H and O–H groups in total. The second kappa shape index (κ2) is 10.2. The molecule has 150 valence electrons. The molecule has 5 nitrogen and oxygen atoms in total. The van der Waals surface area contributed by atoms with Crippen molar-refractivity contribution in [3.8, 4) is 5.75 Å². The van der Waals surface area contributed by atoms with Crippen molar-refractivity contribution >= 4 is 5.91 Å². The van der Waals surface area contributed by atoms with Crippen molar-refractivity contribution in [2.75, 3.05) is 13.7 Å². The number of hydrogen-bond acceptors (Lipinski definition) is 4. The van der Waals surface area contributed by atoms with Crippen molar-refractivity contribution in [3.05, 3.63) is 59.9 Å². The Morgan fingerprint density at radius 3 is 2.54 bits per heavy atom. The molecule has 1 atom stereocenters. The van der Waals surface area contributed by atoms with Gasteiger partial charge in [-0.25, -0.2) is 0 Å². The largest absolute Gasteiger partial charge is 0.497 e. The third-order valence-corrected chi connectivity index (χ3v) is 5.82. The minimum atomic E-state index is -0.0247. The van der Waals surface area contributed by atoms with Gasteiger partial charge in [0.1, 0.15) is 5.75 Å². The molecule has 0 saturated heterocycles. The summed E-state index contributed by atoms with van der Waals surface area (Å²) < 4.78 is 5.19. The number of aromatic nitrogens is 1. The highest BCUT2D eigenvalue weighted by Gasteiger charge is 2.30. The zero-order valence-electron chi connectivity index (χ0n) is 16.6. The van der Waals surface area contributed by atoms with Gasteiger partial charge in [-0.05, 0) is 80.3 Å². The molecule has 1 aliphatic rings. The van der Waals surface area contributed by atoms with E-state index in [0.29, 0.717) is 24.7 Å². The number of pyridine rings is 1. The zero-order chi connectivity index (χ0) is 19.8. The van der Waals surface area contributed by atoms with Crippen molar-refractivity contribution in [3.63, 3.8) is 0 Å². The van der Waals surface area contributed by atoms with Crippen molar-refractivity contribution in [1.82, 2.24) is 10.3 Å². The van der Waals surface area contributed by atoms with Crippen molar-refractivity contribution in [1.29, 1.82) is 0 Å². The predicted octanol–water partition coefficient (Wildman–Crippen LogP) is 3.65. The third-order valence-electron chi connectivity index (χ3n) is 5.82. The number of amides is 1. The lowest BCUT2D eigenvalue weighted by Gasteiger charge is -2.33. The number of methoxy groups -OCH3 is 1. The van der Waals surface area contributed by atoms with Crippen LogP contribution in [-0.2, 0) is 11.2 Å². The van der Waals surface area contributed by atoms with Gasteiger partial charge in [0.15, 0.2) is 0 Å². The number of nitrogens with two attached hydrogens (primary N) is 1. The highest BCUT2D eigenvalue weighted by Crippen LogP contribution is 2.36. The maximum absolute atomic E-state index is 12.7. The Kier molecular flexibility index (Phi) is 7.43. The summed E-state index contributed by atoms with van der Waals surface area (Å²) in [6, 6.07) is 13.8. The van der Waals surface area contributed by atoms with Crippen LogP contribution in [0, 0.1) is 11.8 Å². The number of hydrogen-bond donors (Lipinski definition) is 2. The smallest absolute Gasteiger partial charge is 0.220 e. The molecule has 28 heavy (non-hydrogen) atoms. The van der Waals surface area contributed by atoms with Crippen molar-refractivity contribution < 1.29 is 9.53 Å². The lowest BCUT2D eigenvalue weighted by Crippen LogP contribution is -2.36. The Bertz CT molecular complexity index is 725. The molecule has 3 rings (SSSR count). The molecule has 1 heterocycles. The van der Waals surface area contributed by atoms with Crippen molar-refractivity contribution in [2.45, 2.75) is 44.6 Å². The van der Waals surface area contributed by atoms with Gasteiger partial charge in [0.05, 0.1) is 18.8 Å². The summed E-state index contributed by atoms with van der Waals surface area (Å²) in [5.41, 5.74) is 7.93. The third kappa shape index (κ3) is 5.55. The van der Waals surface area contributed by atoms with E-state index in [9.17, 15) is 4.79 Å². The maximum Gasteiger partial charge on any atom is 0.220 e. The van der Waals surface area contributed by atoms with Crippen LogP contribution in [0.25, 0.3) is 0 Å². The van der Waals surface area contributed by atoms with Crippen LogP contribution in [0.3, 0.4) is 0 Å². The number of carbonyl (C=O) groups is 1. The number of rotatable bonds is 8. The molecule has 0 bridgehead atoms. The average Bonchev–Trinajstić information content (AvgIpc) is 2.77. The molecule has 1 aliphatic carbocycles. The van der Waals surface area contributed by atoms with Crippen LogP contribution in [0.5, 0.6) is 5.75 Å². The normalized spacial score (nSPS) is 20.4. The van der Waals surface area contributed by atoms with Crippen LogP contribution in [0.2, 0.25) is 0 Å². The van der Waals surface area contributed by atoms with Gasteiger partial charge in [-0.1, -0.05) is 18.2 Å². The van der Waals surface area contributed by atoms with Crippen LogP contribution < -0.4 is 15.8 Å². The number of nitrogens with one attached hydrogen (secondary N) is 1. The van der Waals surface area contributed by atoms with E-state index >= 15 is 0 Å². The van der Waals surface area contributed by atoms with Crippen molar-refractivity contribution in [2.24, 2.45) is 17.6 Å². The van der Waals surface area contributed by atoms with Crippen LogP contribution in [0.15, 0.2) is 48.7 Å². The summed E-state index contributed by atoms with van der Waals surface area (Å²) in [7, 11) is 1.65. The molecule has 1 saturated carbocycles. The van der Waals surface area contributed by atoms with E-state index in [2.05, 4.69) is 10.3 Å². The van der Waals surface area contributed by atoms with Gasteiger partial charge in [-0.3, -0.25) is 9.78 Å². The average molecular weight is 382 g/mol.